The molecular formula is C31H28O7S. The van der Waals surface area contributed by atoms with Crippen LogP contribution in [-0.4, -0.2) is 35.8 Å². The fraction of sp³-hybridized carbons (Fsp3) is 0.226. The van der Waals surface area contributed by atoms with Crippen molar-refractivity contribution < 1.29 is 33.7 Å². The molecule has 39 heavy (non-hydrogen) atoms. The van der Waals surface area contributed by atoms with Gasteiger partial charge in [0.15, 0.2) is 11.6 Å². The molecule has 0 aliphatic rings. The maximum absolute atomic E-state index is 11.6. The fourth-order valence-corrected chi connectivity index (χ4v) is 3.57. The largest absolute Gasteiger partial charge is 0.492 e. The van der Waals surface area contributed by atoms with E-state index in [2.05, 4.69) is 33.1 Å². The molecule has 8 heteroatoms. The number of rotatable bonds is 11. The van der Waals surface area contributed by atoms with Gasteiger partial charge in [0.2, 0.25) is 0 Å². The van der Waals surface area contributed by atoms with Crippen LogP contribution in [0, 0.1) is 23.7 Å². The first-order valence-corrected chi connectivity index (χ1v) is 13.1. The summed E-state index contributed by atoms with van der Waals surface area (Å²) in [6, 6.07) is 17.7. The van der Waals surface area contributed by atoms with Crippen LogP contribution in [0.4, 0.5) is 0 Å². The third kappa shape index (κ3) is 9.33. The van der Waals surface area contributed by atoms with Crippen molar-refractivity contribution in [1.29, 1.82) is 0 Å². The van der Waals surface area contributed by atoms with E-state index in [0.29, 0.717) is 46.1 Å². The van der Waals surface area contributed by atoms with Crippen LogP contribution in [0.15, 0.2) is 60.7 Å². The summed E-state index contributed by atoms with van der Waals surface area (Å²) in [7, 11) is 0. The lowest BCUT2D eigenvalue weighted by molar-refractivity contribution is -0.432. The summed E-state index contributed by atoms with van der Waals surface area (Å²) < 4.78 is 16.4. The van der Waals surface area contributed by atoms with Gasteiger partial charge in [0.25, 0.3) is 0 Å². The molecule has 0 radical (unpaired) electrons. The molecule has 0 heterocycles. The highest BCUT2D eigenvalue weighted by Gasteiger charge is 2.11. The lowest BCUT2D eigenvalue weighted by Crippen LogP contribution is -2.04. The van der Waals surface area contributed by atoms with E-state index in [1.165, 1.54) is 13.8 Å². The van der Waals surface area contributed by atoms with E-state index in [4.69, 9.17) is 14.7 Å². The molecule has 0 bridgehead atoms. The molecule has 200 valence electrons. The van der Waals surface area contributed by atoms with Crippen LogP contribution in [0.1, 0.15) is 70.2 Å². The molecule has 0 spiro atoms. The molecule has 3 rings (SSSR count). The summed E-state index contributed by atoms with van der Waals surface area (Å²) in [4.78, 5) is 23.1. The number of ketones is 2. The van der Waals surface area contributed by atoms with Gasteiger partial charge >= 0.3 is 0 Å². The van der Waals surface area contributed by atoms with Gasteiger partial charge in [-0.1, -0.05) is 59.9 Å². The van der Waals surface area contributed by atoms with Crippen molar-refractivity contribution >= 4 is 23.6 Å². The van der Waals surface area contributed by atoms with Crippen molar-refractivity contribution in [3.63, 3.8) is 0 Å². The van der Waals surface area contributed by atoms with Gasteiger partial charge in [-0.2, -0.15) is 0 Å². The van der Waals surface area contributed by atoms with Crippen LogP contribution < -0.4 is 9.47 Å². The molecule has 0 aromatic heterocycles. The number of carbonyl (C=O) groups is 2. The van der Waals surface area contributed by atoms with Crippen LogP contribution >= 0.6 is 12.0 Å². The van der Waals surface area contributed by atoms with Crippen LogP contribution in [0.3, 0.4) is 0 Å². The second-order valence-electron chi connectivity index (χ2n) is 8.27. The topological polar surface area (TPSA) is 91.3 Å². The molecule has 0 unspecified atom stereocenters. The van der Waals surface area contributed by atoms with E-state index in [0.717, 1.165) is 29.6 Å². The molecule has 0 saturated carbocycles. The second-order valence-corrected chi connectivity index (χ2v) is 9.05. The average molecular weight is 545 g/mol. The summed E-state index contributed by atoms with van der Waals surface area (Å²) in [6.07, 6.45) is 0.811. The van der Waals surface area contributed by atoms with Crippen molar-refractivity contribution in [2.45, 2.75) is 27.2 Å². The zero-order valence-electron chi connectivity index (χ0n) is 21.9. The van der Waals surface area contributed by atoms with E-state index in [9.17, 15) is 9.59 Å². The predicted molar refractivity (Wildman–Crippen MR) is 150 cm³/mol. The Hall–Kier alpha value is -4.05. The molecule has 3 aromatic rings. The van der Waals surface area contributed by atoms with Gasteiger partial charge in [0.05, 0.1) is 30.1 Å². The summed E-state index contributed by atoms with van der Waals surface area (Å²) in [5, 5.41) is 11.9. The van der Waals surface area contributed by atoms with Crippen molar-refractivity contribution in [3.05, 3.63) is 94.0 Å². The highest BCUT2D eigenvalue weighted by Crippen LogP contribution is 2.29. The molecule has 0 amide bonds. The normalized spacial score (nSPS) is 10.1. The Morgan fingerprint density at radius 1 is 0.744 bits per heavy atom. The van der Waals surface area contributed by atoms with Crippen molar-refractivity contribution in [2.24, 2.45) is 0 Å². The summed E-state index contributed by atoms with van der Waals surface area (Å²) in [5.74, 6) is 13.9. The van der Waals surface area contributed by atoms with Gasteiger partial charge in [-0.15, -0.1) is 4.33 Å². The maximum Gasteiger partial charge on any atom is 0.159 e. The number of hydrogen-bond acceptors (Lipinski definition) is 8. The zero-order chi connectivity index (χ0) is 28.0. The molecular weight excluding hydrogens is 516 g/mol. The van der Waals surface area contributed by atoms with Gasteiger partial charge in [0.1, 0.15) is 11.5 Å². The molecule has 1 N–H and O–H groups in total. The van der Waals surface area contributed by atoms with Crippen LogP contribution in [0.2, 0.25) is 0 Å². The van der Waals surface area contributed by atoms with Gasteiger partial charge < -0.3 is 9.47 Å². The Kier molecular flexibility index (Phi) is 11.6. The third-order valence-electron chi connectivity index (χ3n) is 5.31. The van der Waals surface area contributed by atoms with E-state index in [1.54, 1.807) is 60.7 Å². The van der Waals surface area contributed by atoms with Crippen LogP contribution in [-0.2, 0) is 9.37 Å². The van der Waals surface area contributed by atoms with Crippen LogP contribution in [0.25, 0.3) is 0 Å². The standard InChI is InChI=1S/C31H28O7S/c1-4-17-35-30-20-29(16-10-25-7-13-27(14-8-25)23(3)33)31(36-18-19-39-38-37-34)21-28(30)15-9-24-5-11-26(12-6-24)22(2)32/h5-8,11-14,20-21,34H,4,17-19H2,1-3H3. The average Bonchev–Trinajstić information content (AvgIpc) is 2.94. The van der Waals surface area contributed by atoms with Crippen molar-refractivity contribution in [2.75, 3.05) is 19.0 Å². The summed E-state index contributed by atoms with van der Waals surface area (Å²) in [6.45, 7) is 5.79. The van der Waals surface area contributed by atoms with Gasteiger partial charge in [-0.3, -0.25) is 9.59 Å². The number of hydrogen-bond donors (Lipinski definition) is 1. The third-order valence-corrected chi connectivity index (χ3v) is 5.80. The van der Waals surface area contributed by atoms with E-state index >= 15 is 0 Å². The van der Waals surface area contributed by atoms with E-state index in [1.807, 2.05) is 6.92 Å². The molecule has 0 atom stereocenters. The smallest absolute Gasteiger partial charge is 0.159 e. The summed E-state index contributed by atoms with van der Waals surface area (Å²) >= 11 is 0.884. The lowest BCUT2D eigenvalue weighted by atomic mass is 10.1. The minimum Gasteiger partial charge on any atom is -0.492 e. The fourth-order valence-electron chi connectivity index (χ4n) is 3.30. The predicted octanol–water partition coefficient (Wildman–Crippen LogP) is 6.13. The lowest BCUT2D eigenvalue weighted by Gasteiger charge is -2.13. The minimum absolute atomic E-state index is 0.00726. The quantitative estimate of drug-likeness (QED) is 0.0770. The minimum atomic E-state index is -0.0112. The number of ether oxygens (including phenoxy) is 2. The monoisotopic (exact) mass is 544 g/mol. The maximum atomic E-state index is 11.6. The molecule has 0 fully saturated rings. The Morgan fingerprint density at radius 3 is 1.62 bits per heavy atom. The highest BCUT2D eigenvalue weighted by molar-refractivity contribution is 7.94. The highest BCUT2D eigenvalue weighted by atomic mass is 32.2. The first kappa shape index (κ1) is 29.5. The Balaban J connectivity index is 1.98. The zero-order valence-corrected chi connectivity index (χ0v) is 22.7. The molecule has 3 aromatic carbocycles. The molecule has 7 nitrogen and oxygen atoms in total. The number of benzene rings is 3. The molecule has 0 saturated heterocycles. The van der Waals surface area contributed by atoms with Crippen LogP contribution in [0.5, 0.6) is 11.5 Å². The number of carbonyl (C=O) groups excluding carboxylic acids is 2. The van der Waals surface area contributed by atoms with Crippen molar-refractivity contribution in [1.82, 2.24) is 0 Å². The van der Waals surface area contributed by atoms with E-state index < -0.39 is 0 Å². The second kappa shape index (κ2) is 15.4. The van der Waals surface area contributed by atoms with Gasteiger partial charge in [-0.05, 0) is 44.5 Å². The van der Waals surface area contributed by atoms with Gasteiger partial charge in [0, 0.05) is 46.4 Å². The SMILES string of the molecule is CCCOc1cc(C#Cc2ccc(C(C)=O)cc2)c(OCCSOOO)cc1C#Cc1ccc(C(C)=O)cc1. The van der Waals surface area contributed by atoms with Gasteiger partial charge in [-0.25, -0.2) is 5.26 Å². The first-order valence-electron chi connectivity index (χ1n) is 12.2. The molecule has 0 aliphatic carbocycles. The Labute approximate surface area is 232 Å². The first-order chi connectivity index (χ1) is 18.9. The van der Waals surface area contributed by atoms with E-state index in [-0.39, 0.29) is 18.2 Å². The summed E-state index contributed by atoms with van der Waals surface area (Å²) in [5.41, 5.74) is 3.94. The number of Topliss-reactive ketones (excluding diaryl/α,β-unsaturated/α-hetero) is 2. The Morgan fingerprint density at radius 2 is 1.21 bits per heavy atom. The Bertz CT molecular complexity index is 1410. The van der Waals surface area contributed by atoms with Crippen molar-refractivity contribution in [3.8, 4) is 35.2 Å². The molecule has 0 aliphatic heterocycles.